The van der Waals surface area contributed by atoms with Crippen LogP contribution in [0.2, 0.25) is 0 Å². The summed E-state index contributed by atoms with van der Waals surface area (Å²) in [6, 6.07) is 0. The summed E-state index contributed by atoms with van der Waals surface area (Å²) in [5.41, 5.74) is 0. The van der Waals surface area contributed by atoms with Crippen LogP contribution in [0.15, 0.2) is 25.3 Å². The van der Waals surface area contributed by atoms with Crippen LogP contribution < -0.4 is 0 Å². The zero-order valence-corrected chi connectivity index (χ0v) is 12.7. The largest absolute Gasteiger partial charge is 0.478 e. The van der Waals surface area contributed by atoms with Crippen molar-refractivity contribution < 1.29 is 9.90 Å². The first-order chi connectivity index (χ1) is 9.18. The molecule has 0 bridgehead atoms. The van der Waals surface area contributed by atoms with Crippen LogP contribution in [0.5, 0.6) is 0 Å². The van der Waals surface area contributed by atoms with E-state index in [9.17, 15) is 4.79 Å². The average Bonchev–Trinajstić information content (AvgIpc) is 2.41. The topological polar surface area (TPSA) is 37.3 Å². The van der Waals surface area contributed by atoms with Crippen molar-refractivity contribution in [1.82, 2.24) is 0 Å². The van der Waals surface area contributed by atoms with Crippen molar-refractivity contribution in [1.29, 1.82) is 0 Å². The minimum absolute atomic E-state index is 0.833. The fraction of sp³-hybridized carbons (Fsp3) is 0.706. The van der Waals surface area contributed by atoms with Gasteiger partial charge in [0.05, 0.1) is 0 Å². The summed E-state index contributed by atoms with van der Waals surface area (Å²) < 4.78 is 0. The normalized spacial score (nSPS) is 9.32. The molecule has 112 valence electrons. The Morgan fingerprint density at radius 3 is 1.58 bits per heavy atom. The lowest BCUT2D eigenvalue weighted by Gasteiger charge is -2.00. The molecule has 0 amide bonds. The van der Waals surface area contributed by atoms with Gasteiger partial charge in [-0.2, -0.15) is 0 Å². The number of carboxylic acid groups (broad SMARTS) is 1. The Labute approximate surface area is 119 Å². The highest BCUT2D eigenvalue weighted by Crippen LogP contribution is 2.11. The van der Waals surface area contributed by atoms with E-state index >= 15 is 0 Å². The molecule has 0 aromatic rings. The van der Waals surface area contributed by atoms with E-state index in [2.05, 4.69) is 20.1 Å². The van der Waals surface area contributed by atoms with Crippen LogP contribution in [-0.2, 0) is 4.79 Å². The van der Waals surface area contributed by atoms with Crippen LogP contribution in [0.3, 0.4) is 0 Å². The molecule has 0 atom stereocenters. The first kappa shape index (κ1) is 20.3. The second kappa shape index (κ2) is 19.3. The van der Waals surface area contributed by atoms with Gasteiger partial charge in [0.15, 0.2) is 0 Å². The summed E-state index contributed by atoms with van der Waals surface area (Å²) in [7, 11) is 0. The van der Waals surface area contributed by atoms with Gasteiger partial charge in [-0.15, -0.1) is 6.58 Å². The Balaban J connectivity index is 0. The molecule has 0 unspecified atom stereocenters. The molecule has 0 aliphatic heterocycles. The molecule has 0 radical (unpaired) electrons. The van der Waals surface area contributed by atoms with Gasteiger partial charge < -0.3 is 5.11 Å². The van der Waals surface area contributed by atoms with Gasteiger partial charge in [-0.1, -0.05) is 77.4 Å². The fourth-order valence-corrected chi connectivity index (χ4v) is 1.78. The van der Waals surface area contributed by atoms with Crippen LogP contribution in [0.25, 0.3) is 0 Å². The first-order valence-corrected chi connectivity index (χ1v) is 7.65. The van der Waals surface area contributed by atoms with Gasteiger partial charge in [0, 0.05) is 6.08 Å². The molecule has 19 heavy (non-hydrogen) atoms. The summed E-state index contributed by atoms with van der Waals surface area (Å²) in [5, 5.41) is 7.60. The molecule has 0 saturated heterocycles. The molecule has 0 fully saturated rings. The van der Waals surface area contributed by atoms with E-state index < -0.39 is 5.97 Å². The molecule has 0 spiro atoms. The predicted molar refractivity (Wildman–Crippen MR) is 84.5 cm³/mol. The highest BCUT2D eigenvalue weighted by molar-refractivity contribution is 5.78. The monoisotopic (exact) mass is 268 g/mol. The third-order valence-corrected chi connectivity index (χ3v) is 2.94. The lowest BCUT2D eigenvalue weighted by Crippen LogP contribution is -1.82. The molecule has 0 aromatic carbocycles. The van der Waals surface area contributed by atoms with Crippen molar-refractivity contribution in [2.75, 3.05) is 0 Å². The average molecular weight is 268 g/mol. The van der Waals surface area contributed by atoms with E-state index in [0.717, 1.165) is 6.08 Å². The van der Waals surface area contributed by atoms with E-state index in [1.54, 1.807) is 0 Å². The van der Waals surface area contributed by atoms with Gasteiger partial charge in [0.25, 0.3) is 0 Å². The van der Waals surface area contributed by atoms with Crippen molar-refractivity contribution >= 4 is 5.97 Å². The second-order valence-corrected chi connectivity index (χ2v) is 4.80. The molecular weight excluding hydrogens is 236 g/mol. The van der Waals surface area contributed by atoms with E-state index in [0.29, 0.717) is 0 Å². The molecule has 0 aromatic heterocycles. The van der Waals surface area contributed by atoms with Gasteiger partial charge in [-0.05, 0) is 12.8 Å². The summed E-state index contributed by atoms with van der Waals surface area (Å²) >= 11 is 0. The zero-order chi connectivity index (χ0) is 14.8. The van der Waals surface area contributed by atoms with Gasteiger partial charge in [-0.25, -0.2) is 4.79 Å². The predicted octanol–water partition coefficient (Wildman–Crippen LogP) is 5.74. The second-order valence-electron chi connectivity index (χ2n) is 4.80. The molecule has 0 heterocycles. The van der Waals surface area contributed by atoms with Crippen molar-refractivity contribution in [3.05, 3.63) is 25.3 Å². The number of hydrogen-bond donors (Lipinski definition) is 1. The lowest BCUT2D eigenvalue weighted by atomic mass is 10.1. The standard InChI is InChI=1S/C14H28.C3H4O2/c1-3-5-7-9-11-13-14-12-10-8-6-4-2;1-2-3(4)5/h3H,1,4-14H2,2H3;2H,1H2,(H,4,5). The van der Waals surface area contributed by atoms with Gasteiger partial charge in [-0.3, -0.25) is 0 Å². The Kier molecular flexibility index (Phi) is 20.6. The fourth-order valence-electron chi connectivity index (χ4n) is 1.78. The van der Waals surface area contributed by atoms with Crippen molar-refractivity contribution in [2.24, 2.45) is 0 Å². The number of hydrogen-bond acceptors (Lipinski definition) is 1. The van der Waals surface area contributed by atoms with Gasteiger partial charge in [0.1, 0.15) is 0 Å². The summed E-state index contributed by atoms with van der Waals surface area (Å²) in [6.07, 6.45) is 18.3. The number of aliphatic carboxylic acids is 1. The molecule has 0 aliphatic carbocycles. The van der Waals surface area contributed by atoms with Crippen LogP contribution in [0, 0.1) is 0 Å². The van der Waals surface area contributed by atoms with E-state index in [1.165, 1.54) is 70.6 Å². The molecule has 0 rings (SSSR count). The lowest BCUT2D eigenvalue weighted by molar-refractivity contribution is -0.131. The molecule has 2 nitrogen and oxygen atoms in total. The van der Waals surface area contributed by atoms with Crippen molar-refractivity contribution in [3.8, 4) is 0 Å². The van der Waals surface area contributed by atoms with Gasteiger partial charge in [0.2, 0.25) is 0 Å². The van der Waals surface area contributed by atoms with Crippen LogP contribution >= 0.6 is 0 Å². The maximum absolute atomic E-state index is 9.25. The Bertz CT molecular complexity index is 209. The highest BCUT2D eigenvalue weighted by atomic mass is 16.4. The van der Waals surface area contributed by atoms with E-state index in [4.69, 9.17) is 5.11 Å². The SMILES string of the molecule is C=CC(=O)O.C=CCCCCCCCCCCCC. The van der Waals surface area contributed by atoms with E-state index in [1.807, 2.05) is 6.08 Å². The maximum Gasteiger partial charge on any atom is 0.327 e. The molecule has 0 aliphatic rings. The number of unbranched alkanes of at least 4 members (excludes halogenated alkanes) is 10. The smallest absolute Gasteiger partial charge is 0.327 e. The number of allylic oxidation sites excluding steroid dienone is 1. The Hall–Kier alpha value is -1.05. The van der Waals surface area contributed by atoms with Crippen molar-refractivity contribution in [3.63, 3.8) is 0 Å². The Morgan fingerprint density at radius 2 is 1.26 bits per heavy atom. The molecule has 0 saturated carbocycles. The summed E-state index contributed by atoms with van der Waals surface area (Å²) in [6.45, 7) is 8.97. The number of carbonyl (C=O) groups is 1. The van der Waals surface area contributed by atoms with Crippen LogP contribution in [0.1, 0.15) is 77.6 Å². The van der Waals surface area contributed by atoms with E-state index in [-0.39, 0.29) is 0 Å². The summed E-state index contributed by atoms with van der Waals surface area (Å²) in [4.78, 5) is 9.25. The summed E-state index contributed by atoms with van der Waals surface area (Å²) in [5.74, 6) is -0.981. The highest BCUT2D eigenvalue weighted by Gasteiger charge is 1.91. The molecule has 2 heteroatoms. The quantitative estimate of drug-likeness (QED) is 0.278. The first-order valence-electron chi connectivity index (χ1n) is 7.65. The third kappa shape index (κ3) is 26.5. The van der Waals surface area contributed by atoms with Crippen molar-refractivity contribution in [2.45, 2.75) is 77.6 Å². The van der Waals surface area contributed by atoms with Gasteiger partial charge >= 0.3 is 5.97 Å². The minimum Gasteiger partial charge on any atom is -0.478 e. The molecule has 1 N–H and O–H groups in total. The third-order valence-electron chi connectivity index (χ3n) is 2.94. The number of rotatable bonds is 12. The zero-order valence-electron chi connectivity index (χ0n) is 12.7. The molecular formula is C17H32O2. The Morgan fingerprint density at radius 1 is 0.895 bits per heavy atom. The minimum atomic E-state index is -0.981. The van der Waals surface area contributed by atoms with Crippen LogP contribution in [0.4, 0.5) is 0 Å². The maximum atomic E-state index is 9.25. The van der Waals surface area contributed by atoms with Crippen LogP contribution in [-0.4, -0.2) is 11.1 Å². The number of carboxylic acids is 1.